The number of nitrogens with one attached hydrogen (secondary N) is 5. The Kier molecular flexibility index (Phi) is 80.0. The van der Waals surface area contributed by atoms with Crippen LogP contribution in [0.1, 0.15) is 79.6 Å². The third kappa shape index (κ3) is 69.3. The Balaban J connectivity index is -0.0000000659. The van der Waals surface area contributed by atoms with E-state index in [4.69, 9.17) is 11.5 Å². The predicted octanol–water partition coefficient (Wildman–Crippen LogP) is -15.1. The fraction of sp³-hybridized carbons (Fsp3) is 0.583. The average Bonchev–Trinajstić information content (AvgIpc) is 3.14. The normalized spacial score (nSPS) is 9.43. The summed E-state index contributed by atoms with van der Waals surface area (Å²) >= 11 is 0. The summed E-state index contributed by atoms with van der Waals surface area (Å²) in [5, 5.41) is 12.1. The van der Waals surface area contributed by atoms with Crippen molar-refractivity contribution in [2.24, 2.45) is 11.5 Å². The van der Waals surface area contributed by atoms with Crippen LogP contribution in [0.4, 0.5) is 0 Å². The van der Waals surface area contributed by atoms with Gasteiger partial charge in [0.15, 0.2) is 0 Å². The summed E-state index contributed by atoms with van der Waals surface area (Å²) < 4.78 is 17.6. The molecule has 61 heavy (non-hydrogen) atoms. The van der Waals surface area contributed by atoms with Crippen molar-refractivity contribution in [1.29, 1.82) is 0 Å². The maximum absolute atomic E-state index is 11.2. The summed E-state index contributed by atoms with van der Waals surface area (Å²) in [5.41, 5.74) is 10.5. The van der Waals surface area contributed by atoms with Gasteiger partial charge in [-0.2, -0.15) is 0 Å². The Morgan fingerprint density at radius 2 is 1.05 bits per heavy atom. The second kappa shape index (κ2) is 59.4. The molecule has 2 unspecified atom stereocenters. The third-order valence-electron chi connectivity index (χ3n) is 5.78. The minimum absolute atomic E-state index is 0. The standard InChI is InChI=1S/C9H18N2O3.C9H15NO3.C7H14N2O.C6H9NO3.C5H9NO3.5Li/c1-7(12)11-8(9(13)14-2)5-3-4-6-10;1-4-5-6-8(9(12)13-3)10-7(2)11;1-7(10)9-6-4-2-3-5-8;1-4(6(9)10-3)7-5(2)8;1-4(7)6-3-5(8)9-2;;;;;/h8H,3-6,10H2,1-2H3,(H,11,12);4,8H,1,5-6H2,2-3H3,(H,10,11);4,6H,2-3,5,8H2,1H3,(H,9,10);1H2,2-3H3,(H,7,8);3H2,1-2H3,(H,6,7);;;;;/q;;;;;5*+1/b;;6-4-;;;;;;;. The minimum Gasteiger partial charge on any atom is -0.468 e. The van der Waals surface area contributed by atoms with Gasteiger partial charge in [-0.05, 0) is 64.2 Å². The molecule has 322 valence electrons. The van der Waals surface area contributed by atoms with Gasteiger partial charge in [-0.15, -0.1) is 6.58 Å². The molecule has 0 aromatic rings. The van der Waals surface area contributed by atoms with Crippen LogP contribution in [0.5, 0.6) is 0 Å². The van der Waals surface area contributed by atoms with E-state index in [1.54, 1.807) is 12.3 Å². The number of rotatable bonds is 19. The molecule has 0 rings (SSSR count). The Morgan fingerprint density at radius 3 is 1.38 bits per heavy atom. The van der Waals surface area contributed by atoms with Crippen LogP contribution in [0.3, 0.4) is 0 Å². The fourth-order valence-electron chi connectivity index (χ4n) is 3.20. The smallest absolute Gasteiger partial charge is 0.468 e. The number of allylic oxidation sites excluding steroid dienone is 2. The van der Waals surface area contributed by atoms with Crippen LogP contribution in [-0.4, -0.2) is 114 Å². The van der Waals surface area contributed by atoms with Gasteiger partial charge in [-0.3, -0.25) is 28.8 Å². The van der Waals surface area contributed by atoms with Crippen molar-refractivity contribution in [2.45, 2.75) is 91.6 Å². The molecule has 0 aliphatic carbocycles. The first kappa shape index (κ1) is 82.1. The molecule has 0 aliphatic rings. The van der Waals surface area contributed by atoms with E-state index >= 15 is 0 Å². The second-order valence-corrected chi connectivity index (χ2v) is 10.9. The van der Waals surface area contributed by atoms with E-state index in [1.165, 1.54) is 63.1 Å². The number of amides is 5. The van der Waals surface area contributed by atoms with E-state index in [1.807, 2.05) is 6.08 Å². The van der Waals surface area contributed by atoms with Gasteiger partial charge in [-0.25, -0.2) is 14.4 Å². The van der Waals surface area contributed by atoms with Crippen LogP contribution in [0.15, 0.2) is 37.2 Å². The second-order valence-electron chi connectivity index (χ2n) is 10.9. The van der Waals surface area contributed by atoms with Crippen molar-refractivity contribution < 1.29 is 156 Å². The molecule has 0 spiro atoms. The van der Waals surface area contributed by atoms with Crippen molar-refractivity contribution in [3.05, 3.63) is 37.2 Å². The molecule has 2 atom stereocenters. The van der Waals surface area contributed by atoms with Crippen LogP contribution in [0.25, 0.3) is 0 Å². The summed E-state index contributed by atoms with van der Waals surface area (Å²) in [6.45, 7) is 14.9. The van der Waals surface area contributed by atoms with Gasteiger partial charge in [0.2, 0.25) is 29.5 Å². The maximum atomic E-state index is 11.2. The zero-order chi connectivity index (χ0) is 44.5. The molecular weight excluding hydrogens is 773 g/mol. The summed E-state index contributed by atoms with van der Waals surface area (Å²) in [6, 6.07) is -1.09. The fourth-order valence-corrected chi connectivity index (χ4v) is 3.20. The molecule has 9 N–H and O–H groups in total. The zero-order valence-corrected chi connectivity index (χ0v) is 39.3. The van der Waals surface area contributed by atoms with Crippen LogP contribution >= 0.6 is 0 Å². The molecule has 0 aliphatic heterocycles. The third-order valence-corrected chi connectivity index (χ3v) is 5.78. The van der Waals surface area contributed by atoms with E-state index in [0.717, 1.165) is 25.7 Å². The van der Waals surface area contributed by atoms with E-state index in [2.05, 4.69) is 58.7 Å². The van der Waals surface area contributed by atoms with E-state index < -0.39 is 36.0 Å². The number of esters is 4. The van der Waals surface area contributed by atoms with E-state index in [0.29, 0.717) is 32.4 Å². The van der Waals surface area contributed by atoms with Gasteiger partial charge in [0.1, 0.15) is 24.3 Å². The van der Waals surface area contributed by atoms with Crippen LogP contribution in [0, 0.1) is 0 Å². The predicted molar refractivity (Wildman–Crippen MR) is 208 cm³/mol. The zero-order valence-electron chi connectivity index (χ0n) is 39.3. The molecular formula is C36H65Li5N7O13+5. The Bertz CT molecular complexity index is 1270. The maximum Gasteiger partial charge on any atom is 1.00 e. The van der Waals surface area contributed by atoms with Crippen molar-refractivity contribution in [1.82, 2.24) is 26.6 Å². The molecule has 0 heterocycles. The van der Waals surface area contributed by atoms with Crippen LogP contribution in [-0.2, 0) is 62.1 Å². The molecule has 25 heteroatoms. The molecule has 0 aromatic carbocycles. The number of hydrogen-bond acceptors (Lipinski definition) is 15. The monoisotopic (exact) mass is 839 g/mol. The first-order valence-electron chi connectivity index (χ1n) is 17.2. The Hall–Kier alpha value is -2.64. The molecule has 0 fully saturated rings. The number of hydrogen-bond donors (Lipinski definition) is 7. The van der Waals surface area contributed by atoms with Gasteiger partial charge < -0.3 is 57.0 Å². The largest absolute Gasteiger partial charge is 1.00 e. The summed E-state index contributed by atoms with van der Waals surface area (Å²) in [7, 11) is 5.09. The summed E-state index contributed by atoms with van der Waals surface area (Å²) in [4.78, 5) is 95.2. The first-order valence-corrected chi connectivity index (χ1v) is 17.2. The van der Waals surface area contributed by atoms with Crippen molar-refractivity contribution in [3.63, 3.8) is 0 Å². The molecule has 0 radical (unpaired) electrons. The molecule has 5 amide bonds. The van der Waals surface area contributed by atoms with Gasteiger partial charge in [0, 0.05) is 34.6 Å². The van der Waals surface area contributed by atoms with E-state index in [-0.39, 0.29) is 136 Å². The SMILES string of the molecule is C=C(NC(C)=O)C(=O)OC.C=CCCC(NC(C)=O)C(=O)OC.CC(=O)N/C=C\CCCN.COC(=O)C(CCCCN)NC(C)=O.COC(=O)CNC(C)=O.[Li+].[Li+].[Li+].[Li+].[Li+]. The Morgan fingerprint density at radius 1 is 0.590 bits per heavy atom. The van der Waals surface area contributed by atoms with Gasteiger partial charge in [0.05, 0.1) is 28.4 Å². The van der Waals surface area contributed by atoms with Gasteiger partial charge >= 0.3 is 118 Å². The molecule has 0 saturated heterocycles. The molecule has 20 nitrogen and oxygen atoms in total. The Labute approximate surface area is 421 Å². The van der Waals surface area contributed by atoms with Gasteiger partial charge in [-0.1, -0.05) is 18.7 Å². The van der Waals surface area contributed by atoms with Crippen molar-refractivity contribution in [2.75, 3.05) is 48.1 Å². The van der Waals surface area contributed by atoms with Crippen molar-refractivity contribution in [3.8, 4) is 0 Å². The molecule has 0 saturated carbocycles. The number of methoxy groups -OCH3 is 4. The number of carbonyl (C=O) groups is 9. The summed E-state index contributed by atoms with van der Waals surface area (Å²) in [5.74, 6) is -2.97. The minimum atomic E-state index is -0.629. The summed E-state index contributed by atoms with van der Waals surface area (Å²) in [6.07, 6.45) is 10.5. The van der Waals surface area contributed by atoms with Crippen LogP contribution < -0.4 is 132 Å². The topological polar surface area (TPSA) is 303 Å². The first-order chi connectivity index (χ1) is 26.2. The number of carbonyl (C=O) groups excluding carboxylic acids is 9. The average molecular weight is 839 g/mol. The van der Waals surface area contributed by atoms with Gasteiger partial charge in [0.25, 0.3) is 0 Å². The van der Waals surface area contributed by atoms with Crippen LogP contribution in [0.2, 0.25) is 0 Å². The number of ether oxygens (including phenoxy) is 4. The number of nitrogens with two attached hydrogens (primary N) is 2. The molecule has 0 aromatic heterocycles. The quantitative estimate of drug-likeness (QED) is 0.0159. The van der Waals surface area contributed by atoms with Crippen molar-refractivity contribution >= 4 is 53.4 Å². The number of unbranched alkanes of at least 4 members (excludes halogenated alkanes) is 2. The molecule has 0 bridgehead atoms. The van der Waals surface area contributed by atoms with E-state index in [9.17, 15) is 43.2 Å².